The van der Waals surface area contributed by atoms with Crippen molar-refractivity contribution in [2.24, 2.45) is 0 Å². The number of urea groups is 1. The number of halogens is 5. The average Bonchev–Trinajstić information content (AvgIpc) is 3.04. The minimum atomic E-state index is -4.49. The lowest BCUT2D eigenvalue weighted by molar-refractivity contribution is -0.137. The van der Waals surface area contributed by atoms with Crippen molar-refractivity contribution in [3.05, 3.63) is 75.9 Å². The summed E-state index contributed by atoms with van der Waals surface area (Å²) in [5.41, 5.74) is -0.172. The number of amides is 2. The predicted octanol–water partition coefficient (Wildman–Crippen LogP) is 5.90. The minimum absolute atomic E-state index is 0.00890. The van der Waals surface area contributed by atoms with Crippen molar-refractivity contribution >= 4 is 40.7 Å². The van der Waals surface area contributed by atoms with Crippen LogP contribution in [0, 0.1) is 0 Å². The van der Waals surface area contributed by atoms with Crippen LogP contribution in [0.3, 0.4) is 0 Å². The van der Waals surface area contributed by atoms with E-state index in [0.717, 1.165) is 12.1 Å². The zero-order chi connectivity index (χ0) is 20.3. The molecule has 0 atom stereocenters. The van der Waals surface area contributed by atoms with Crippen LogP contribution in [-0.4, -0.2) is 15.8 Å². The zero-order valence-electron chi connectivity index (χ0n) is 14.1. The van der Waals surface area contributed by atoms with Crippen LogP contribution in [0.25, 0.3) is 0 Å². The van der Waals surface area contributed by atoms with Gasteiger partial charge in [0.05, 0.1) is 12.1 Å². The molecule has 28 heavy (non-hydrogen) atoms. The minimum Gasteiger partial charge on any atom is -0.308 e. The molecular weight excluding hydrogens is 416 g/mol. The van der Waals surface area contributed by atoms with Gasteiger partial charge >= 0.3 is 12.2 Å². The van der Waals surface area contributed by atoms with Crippen LogP contribution < -0.4 is 10.6 Å². The molecule has 2 N–H and O–H groups in total. The Morgan fingerprint density at radius 2 is 1.71 bits per heavy atom. The molecule has 3 rings (SSSR count). The van der Waals surface area contributed by atoms with Crippen LogP contribution in [-0.2, 0) is 12.7 Å². The van der Waals surface area contributed by atoms with Crippen molar-refractivity contribution in [2.75, 3.05) is 10.6 Å². The van der Waals surface area contributed by atoms with Crippen LogP contribution in [0.5, 0.6) is 0 Å². The number of benzene rings is 2. The van der Waals surface area contributed by atoms with Crippen molar-refractivity contribution in [1.82, 2.24) is 9.78 Å². The second-order valence-electron chi connectivity index (χ2n) is 5.76. The number of nitrogens with one attached hydrogen (secondary N) is 2. The first-order chi connectivity index (χ1) is 13.2. The smallest absolute Gasteiger partial charge is 0.308 e. The van der Waals surface area contributed by atoms with E-state index in [1.165, 1.54) is 22.9 Å². The molecule has 1 aromatic heterocycles. The molecule has 0 bridgehead atoms. The second kappa shape index (κ2) is 8.12. The van der Waals surface area contributed by atoms with Gasteiger partial charge in [0, 0.05) is 33.6 Å². The maximum atomic E-state index is 12.7. The Morgan fingerprint density at radius 3 is 2.39 bits per heavy atom. The van der Waals surface area contributed by atoms with E-state index in [9.17, 15) is 18.0 Å². The van der Waals surface area contributed by atoms with E-state index in [4.69, 9.17) is 23.2 Å². The lowest BCUT2D eigenvalue weighted by atomic mass is 10.2. The van der Waals surface area contributed by atoms with Gasteiger partial charge in [0.15, 0.2) is 5.82 Å². The third-order valence-electron chi connectivity index (χ3n) is 3.71. The fraction of sp³-hybridized carbons (Fsp3) is 0.111. The Labute approximate surface area is 168 Å². The highest BCUT2D eigenvalue weighted by molar-refractivity contribution is 6.35. The highest BCUT2D eigenvalue weighted by Crippen LogP contribution is 2.30. The molecule has 0 aliphatic carbocycles. The quantitative estimate of drug-likeness (QED) is 0.543. The summed E-state index contributed by atoms with van der Waals surface area (Å²) in [6.45, 7) is 0.287. The Bertz CT molecular complexity index is 984. The van der Waals surface area contributed by atoms with E-state index >= 15 is 0 Å². The molecule has 0 fully saturated rings. The van der Waals surface area contributed by atoms with E-state index in [2.05, 4.69) is 15.7 Å². The lowest BCUT2D eigenvalue weighted by Crippen LogP contribution is -2.20. The summed E-state index contributed by atoms with van der Waals surface area (Å²) in [5.74, 6) is 0.215. The number of hydrogen-bond donors (Lipinski definition) is 2. The number of carbonyl (C=O) groups excluding carboxylic acids is 1. The van der Waals surface area contributed by atoms with E-state index in [-0.39, 0.29) is 18.1 Å². The normalized spacial score (nSPS) is 11.3. The van der Waals surface area contributed by atoms with Crippen molar-refractivity contribution in [1.29, 1.82) is 0 Å². The van der Waals surface area contributed by atoms with Gasteiger partial charge in [-0.05, 0) is 30.3 Å². The number of anilines is 2. The van der Waals surface area contributed by atoms with Gasteiger partial charge in [-0.1, -0.05) is 35.3 Å². The molecule has 10 heteroatoms. The Morgan fingerprint density at radius 1 is 1.04 bits per heavy atom. The molecule has 2 amide bonds. The molecule has 0 aliphatic rings. The van der Waals surface area contributed by atoms with Crippen LogP contribution in [0.2, 0.25) is 10.0 Å². The summed E-state index contributed by atoms with van der Waals surface area (Å²) in [4.78, 5) is 12.0. The largest absolute Gasteiger partial charge is 0.416 e. The fourth-order valence-corrected chi connectivity index (χ4v) is 2.93. The topological polar surface area (TPSA) is 59.0 Å². The van der Waals surface area contributed by atoms with Crippen molar-refractivity contribution in [3.8, 4) is 0 Å². The number of rotatable bonds is 4. The molecule has 0 aliphatic heterocycles. The summed E-state index contributed by atoms with van der Waals surface area (Å²) < 4.78 is 39.7. The van der Waals surface area contributed by atoms with Crippen molar-refractivity contribution in [2.45, 2.75) is 12.7 Å². The SMILES string of the molecule is O=C(Nc1cccc(C(F)(F)F)c1)Nc1ccn(Cc2c(Cl)cccc2Cl)n1. The molecule has 5 nitrogen and oxygen atoms in total. The van der Waals surface area contributed by atoms with Crippen LogP contribution >= 0.6 is 23.2 Å². The third kappa shape index (κ3) is 4.96. The van der Waals surface area contributed by atoms with Crippen LogP contribution in [0.15, 0.2) is 54.7 Å². The molecular formula is C18H13Cl2F3N4O. The summed E-state index contributed by atoms with van der Waals surface area (Å²) in [5, 5.41) is 9.94. The summed E-state index contributed by atoms with van der Waals surface area (Å²) in [6, 6.07) is 10.3. The van der Waals surface area contributed by atoms with Crippen LogP contribution in [0.4, 0.5) is 29.5 Å². The molecule has 0 spiro atoms. The average molecular weight is 429 g/mol. The van der Waals surface area contributed by atoms with Gasteiger partial charge in [-0.15, -0.1) is 0 Å². The first-order valence-electron chi connectivity index (χ1n) is 7.94. The van der Waals surface area contributed by atoms with Gasteiger partial charge in [-0.25, -0.2) is 4.79 Å². The van der Waals surface area contributed by atoms with Gasteiger partial charge in [-0.2, -0.15) is 18.3 Å². The Balaban J connectivity index is 1.64. The molecule has 3 aromatic rings. The number of hydrogen-bond acceptors (Lipinski definition) is 2. The van der Waals surface area contributed by atoms with Gasteiger partial charge < -0.3 is 5.32 Å². The standard InChI is InChI=1S/C18H13Cl2F3N4O/c19-14-5-2-6-15(20)13(14)10-27-8-7-16(26-27)25-17(28)24-12-4-1-3-11(9-12)18(21,22)23/h1-9H,10H2,(H2,24,25,26,28). The van der Waals surface area contributed by atoms with Gasteiger partial charge in [0.25, 0.3) is 0 Å². The number of carbonyl (C=O) groups is 1. The molecule has 146 valence electrons. The fourth-order valence-electron chi connectivity index (χ4n) is 2.41. The zero-order valence-corrected chi connectivity index (χ0v) is 15.6. The van der Waals surface area contributed by atoms with Crippen LogP contribution in [0.1, 0.15) is 11.1 Å². The molecule has 1 heterocycles. The molecule has 2 aromatic carbocycles. The summed E-state index contributed by atoms with van der Waals surface area (Å²) >= 11 is 12.2. The molecule has 0 saturated heterocycles. The highest BCUT2D eigenvalue weighted by Gasteiger charge is 2.30. The first-order valence-corrected chi connectivity index (χ1v) is 8.69. The predicted molar refractivity (Wildman–Crippen MR) is 102 cm³/mol. The number of alkyl halides is 3. The first kappa shape index (κ1) is 20.0. The van der Waals surface area contributed by atoms with E-state index in [1.807, 2.05) is 0 Å². The highest BCUT2D eigenvalue weighted by atomic mass is 35.5. The van der Waals surface area contributed by atoms with Crippen molar-refractivity contribution in [3.63, 3.8) is 0 Å². The molecule has 0 radical (unpaired) electrons. The maximum Gasteiger partial charge on any atom is 0.416 e. The van der Waals surface area contributed by atoms with Crippen molar-refractivity contribution < 1.29 is 18.0 Å². The summed E-state index contributed by atoms with van der Waals surface area (Å²) in [7, 11) is 0. The molecule has 0 unspecified atom stereocenters. The Hall–Kier alpha value is -2.71. The van der Waals surface area contributed by atoms with Gasteiger partial charge in [0.2, 0.25) is 0 Å². The lowest BCUT2D eigenvalue weighted by Gasteiger charge is -2.10. The van der Waals surface area contributed by atoms with E-state index < -0.39 is 17.8 Å². The number of nitrogens with zero attached hydrogens (tertiary/aromatic N) is 2. The van der Waals surface area contributed by atoms with E-state index in [1.54, 1.807) is 24.4 Å². The van der Waals surface area contributed by atoms with E-state index in [0.29, 0.717) is 15.6 Å². The van der Waals surface area contributed by atoms with Gasteiger partial charge in [0.1, 0.15) is 0 Å². The maximum absolute atomic E-state index is 12.7. The summed E-state index contributed by atoms with van der Waals surface area (Å²) in [6.07, 6.45) is -2.88. The third-order valence-corrected chi connectivity index (χ3v) is 4.42. The second-order valence-corrected chi connectivity index (χ2v) is 6.57. The Kier molecular flexibility index (Phi) is 5.81. The monoisotopic (exact) mass is 428 g/mol. The number of aromatic nitrogens is 2. The van der Waals surface area contributed by atoms with Gasteiger partial charge in [-0.3, -0.25) is 10.00 Å². The molecule has 0 saturated carbocycles.